The maximum Gasteiger partial charge on any atom is 2.00 e. The molecular weight excluding hydrogens is 344 g/mol. The van der Waals surface area contributed by atoms with E-state index in [2.05, 4.69) is 31.2 Å². The van der Waals surface area contributed by atoms with Crippen molar-refractivity contribution in [3.8, 4) is 0 Å². The minimum atomic E-state index is 0. The molecule has 0 spiro atoms. The predicted molar refractivity (Wildman–Crippen MR) is 97.2 cm³/mol. The molecule has 0 aromatic heterocycles. The zero-order valence-electron chi connectivity index (χ0n) is 13.7. The Labute approximate surface area is 155 Å². The van der Waals surface area contributed by atoms with Crippen molar-refractivity contribution in [1.82, 2.24) is 0 Å². The fourth-order valence-electron chi connectivity index (χ4n) is 1.66. The van der Waals surface area contributed by atoms with Crippen molar-refractivity contribution in [2.24, 2.45) is 0 Å². The van der Waals surface area contributed by atoms with Crippen molar-refractivity contribution in [2.75, 3.05) is 0 Å². The van der Waals surface area contributed by atoms with E-state index in [4.69, 9.17) is 0 Å². The number of aryl methyl sites for hydroxylation is 1. The van der Waals surface area contributed by atoms with Crippen LogP contribution in [0.1, 0.15) is 5.56 Å². The average molecular weight is 366 g/mol. The van der Waals surface area contributed by atoms with Gasteiger partial charge in [0.15, 0.2) is 0 Å². The van der Waals surface area contributed by atoms with Gasteiger partial charge in [-0.2, -0.15) is 18.2 Å². The van der Waals surface area contributed by atoms with Crippen LogP contribution in [0.2, 0.25) is 0 Å². The molecule has 3 rings (SSSR count). The monoisotopic (exact) mass is 366 g/mol. The molecule has 0 unspecified atom stereocenters. The van der Waals surface area contributed by atoms with Crippen LogP contribution in [0, 0.1) is 21.8 Å². The first-order valence-electron chi connectivity index (χ1n) is 6.41. The topological polar surface area (TPSA) is 23.1 Å². The van der Waals surface area contributed by atoms with Crippen LogP contribution in [0.5, 0.6) is 0 Å². The molecule has 0 saturated heterocycles. The van der Waals surface area contributed by atoms with Crippen molar-refractivity contribution in [2.45, 2.75) is 11.8 Å². The second-order valence-corrected chi connectivity index (χ2v) is 5.46. The summed E-state index contributed by atoms with van der Waals surface area (Å²) in [6.45, 7) is 2.06. The molecule has 0 radical (unpaired) electrons. The third-order valence-corrected chi connectivity index (χ3v) is 3.84. The maximum atomic E-state index is 10.7. The molecule has 0 atom stereocenters. The molecule has 0 heterocycles. The van der Waals surface area contributed by atoms with E-state index in [0.717, 1.165) is 21.6 Å². The molecule has 0 saturated carbocycles. The van der Waals surface area contributed by atoms with Gasteiger partial charge in [-0.05, 0) is 30.7 Å². The first kappa shape index (κ1) is 23.7. The fraction of sp³-hybridized carbons (Fsp3) is 0.0500. The van der Waals surface area contributed by atoms with E-state index in [9.17, 15) is 5.11 Å². The van der Waals surface area contributed by atoms with Crippen molar-refractivity contribution in [3.63, 3.8) is 0 Å². The normalized spacial score (nSPS) is 12.9. The first-order chi connectivity index (χ1) is 9.79. The maximum absolute atomic E-state index is 10.7. The molecule has 0 N–H and O–H groups in total. The van der Waals surface area contributed by atoms with Crippen LogP contribution in [0.25, 0.3) is 0 Å². The van der Waals surface area contributed by atoms with E-state index in [1.807, 2.05) is 48.6 Å². The molecule has 0 amide bonds. The van der Waals surface area contributed by atoms with E-state index in [1.165, 1.54) is 5.56 Å². The van der Waals surface area contributed by atoms with Gasteiger partial charge in [0.05, 0.1) is 0 Å². The van der Waals surface area contributed by atoms with E-state index in [1.54, 1.807) is 11.8 Å². The van der Waals surface area contributed by atoms with Gasteiger partial charge in [-0.25, -0.2) is 12.1 Å². The third-order valence-electron chi connectivity index (χ3n) is 2.74. The Morgan fingerprint density at radius 2 is 1.65 bits per heavy atom. The Kier molecular flexibility index (Phi) is 13.4. The van der Waals surface area contributed by atoms with Gasteiger partial charge in [-0.3, -0.25) is 0 Å². The SMILES string of the molecule is Cc1ccc(SC2=CC=C/C2=C\[O-])cc1.[CH3-].[CH3-].[Fe+2].c1cc[cH-]c1. The summed E-state index contributed by atoms with van der Waals surface area (Å²) in [5.74, 6) is 0. The molecule has 2 aromatic rings. The summed E-state index contributed by atoms with van der Waals surface area (Å²) in [5, 5.41) is 10.7. The van der Waals surface area contributed by atoms with Crippen molar-refractivity contribution in [3.05, 3.63) is 110 Å². The van der Waals surface area contributed by atoms with Gasteiger partial charge in [0, 0.05) is 9.80 Å². The molecular formula is C20H22FeOS-2. The van der Waals surface area contributed by atoms with E-state index in [-0.39, 0.29) is 31.9 Å². The standard InChI is InChI=1S/C13H12OS.C5H5.2CH3.Fe/c1-10-5-7-12(8-6-10)15-13-4-2-3-11(13)9-14;1-2-4-5-3-1;;;/h2-9,14H,1H3;1-5H;2*1H3;/q;3*-1;+2/p-1/b11-9+;;;;. The van der Waals surface area contributed by atoms with E-state index < -0.39 is 0 Å². The number of allylic oxidation sites excluding steroid dienone is 4. The Morgan fingerprint density at radius 3 is 2.13 bits per heavy atom. The molecule has 0 aliphatic heterocycles. The molecule has 0 fully saturated rings. The van der Waals surface area contributed by atoms with Crippen LogP contribution in [0.4, 0.5) is 0 Å². The molecule has 23 heavy (non-hydrogen) atoms. The minimum absolute atomic E-state index is 0. The zero-order chi connectivity index (χ0) is 14.2. The minimum Gasteiger partial charge on any atom is -0.877 e. The molecule has 0 bridgehead atoms. The summed E-state index contributed by atoms with van der Waals surface area (Å²) < 4.78 is 0. The number of rotatable bonds is 2. The van der Waals surface area contributed by atoms with Crippen LogP contribution in [-0.2, 0) is 17.1 Å². The largest absolute Gasteiger partial charge is 2.00 e. The van der Waals surface area contributed by atoms with Crippen LogP contribution in [-0.4, -0.2) is 0 Å². The molecule has 3 heteroatoms. The van der Waals surface area contributed by atoms with Crippen LogP contribution >= 0.6 is 11.8 Å². The average Bonchev–Trinajstić information content (AvgIpc) is 3.15. The van der Waals surface area contributed by atoms with Gasteiger partial charge >= 0.3 is 17.1 Å². The number of benzene rings is 1. The summed E-state index contributed by atoms with van der Waals surface area (Å²) in [4.78, 5) is 2.18. The van der Waals surface area contributed by atoms with Crippen molar-refractivity contribution >= 4 is 11.8 Å². The second kappa shape index (κ2) is 12.9. The van der Waals surface area contributed by atoms with Gasteiger partial charge in [-0.15, -0.1) is 6.26 Å². The zero-order valence-corrected chi connectivity index (χ0v) is 15.6. The molecule has 1 aliphatic carbocycles. The summed E-state index contributed by atoms with van der Waals surface area (Å²) in [5.41, 5.74) is 2.01. The Bertz CT molecular complexity index is 590. The number of hydrogen-bond donors (Lipinski definition) is 0. The van der Waals surface area contributed by atoms with Crippen LogP contribution in [0.15, 0.2) is 94.5 Å². The van der Waals surface area contributed by atoms with Gasteiger partial charge in [0.2, 0.25) is 0 Å². The number of thioether (sulfide) groups is 1. The van der Waals surface area contributed by atoms with Gasteiger partial charge in [0.1, 0.15) is 0 Å². The Hall–Kier alpha value is -1.54. The fourth-order valence-corrected chi connectivity index (χ4v) is 2.57. The summed E-state index contributed by atoms with van der Waals surface area (Å²) >= 11 is 1.62. The first-order valence-corrected chi connectivity index (χ1v) is 7.23. The van der Waals surface area contributed by atoms with Crippen molar-refractivity contribution in [1.29, 1.82) is 0 Å². The molecule has 1 nitrogen and oxygen atoms in total. The van der Waals surface area contributed by atoms with Gasteiger partial charge in [-0.1, -0.05) is 41.6 Å². The molecule has 2 aromatic carbocycles. The summed E-state index contributed by atoms with van der Waals surface area (Å²) in [7, 11) is 0. The molecule has 1 aliphatic rings. The van der Waals surface area contributed by atoms with Crippen LogP contribution in [0.3, 0.4) is 0 Å². The summed E-state index contributed by atoms with van der Waals surface area (Å²) in [6, 6.07) is 18.3. The van der Waals surface area contributed by atoms with Gasteiger partial charge in [0.25, 0.3) is 0 Å². The summed E-state index contributed by atoms with van der Waals surface area (Å²) in [6.07, 6.45) is 6.61. The third kappa shape index (κ3) is 8.03. The second-order valence-electron chi connectivity index (χ2n) is 4.34. The van der Waals surface area contributed by atoms with E-state index >= 15 is 0 Å². The predicted octanol–water partition coefficient (Wildman–Crippen LogP) is 5.09. The van der Waals surface area contributed by atoms with E-state index in [0.29, 0.717) is 0 Å². The van der Waals surface area contributed by atoms with Crippen LogP contribution < -0.4 is 5.11 Å². The van der Waals surface area contributed by atoms with Gasteiger partial charge < -0.3 is 20.0 Å². The Balaban J connectivity index is 0. The Morgan fingerprint density at radius 1 is 1.04 bits per heavy atom. The smallest absolute Gasteiger partial charge is 0.877 e. The molecule has 124 valence electrons. The van der Waals surface area contributed by atoms with Crippen molar-refractivity contribution < 1.29 is 22.2 Å². The number of hydrogen-bond acceptors (Lipinski definition) is 2. The quantitative estimate of drug-likeness (QED) is 0.420.